The van der Waals surface area contributed by atoms with Crippen LogP contribution in [-0.2, 0) is 6.37 Å². The van der Waals surface area contributed by atoms with Crippen molar-refractivity contribution in [2.24, 2.45) is 0 Å². The Hall–Kier alpha value is -1.38. The van der Waals surface area contributed by atoms with Crippen LogP contribution in [0.2, 0.25) is 0 Å². The minimum atomic E-state index is -1.68. The summed E-state index contributed by atoms with van der Waals surface area (Å²) < 4.78 is 14.7. The summed E-state index contributed by atoms with van der Waals surface area (Å²) in [7, 11) is 0. The van der Waals surface area contributed by atoms with Gasteiger partial charge >= 0.3 is 0 Å². The normalized spacial score (nSPS) is 13.5. The first-order chi connectivity index (χ1) is 5.93. The fourth-order valence-electron chi connectivity index (χ4n) is 0.844. The van der Waals surface area contributed by atoms with Gasteiger partial charge in [-0.15, -0.1) is 0 Å². The van der Waals surface area contributed by atoms with Gasteiger partial charge in [0.15, 0.2) is 0 Å². The molecular weight excluding hydrogens is 142 g/mol. The van der Waals surface area contributed by atoms with Gasteiger partial charge in [0.25, 0.3) is 5.69 Å². The van der Waals surface area contributed by atoms with E-state index < -0.39 is 11.3 Å². The molecule has 11 heavy (non-hydrogen) atoms. The maximum Gasteiger partial charge on any atom is 0.272 e. The zero-order valence-corrected chi connectivity index (χ0v) is 6.07. The van der Waals surface area contributed by atoms with Crippen molar-refractivity contribution in [3.8, 4) is 0 Å². The third-order valence-electron chi connectivity index (χ3n) is 1.37. The van der Waals surface area contributed by atoms with Crippen LogP contribution in [0.3, 0.4) is 0 Å². The van der Waals surface area contributed by atoms with E-state index in [1.165, 1.54) is 25.1 Å². The highest BCUT2D eigenvalue weighted by atomic mass is 16.6. The molecule has 0 saturated carbocycles. The van der Waals surface area contributed by atoms with Gasteiger partial charge in [-0.25, -0.2) is 0 Å². The third kappa shape index (κ3) is 1.55. The van der Waals surface area contributed by atoms with Gasteiger partial charge in [-0.1, -0.05) is 25.1 Å². The Morgan fingerprint density at radius 2 is 2.27 bits per heavy atom. The molecule has 3 nitrogen and oxygen atoms in total. The molecule has 1 rings (SSSR count). The van der Waals surface area contributed by atoms with E-state index in [0.717, 1.165) is 0 Å². The average molecular weight is 153 g/mol. The van der Waals surface area contributed by atoms with Gasteiger partial charge in [0.1, 0.15) is 0 Å². The van der Waals surface area contributed by atoms with Gasteiger partial charge in [-0.3, -0.25) is 10.1 Å². The predicted octanol–water partition coefficient (Wildman–Crippen LogP) is 2.16. The monoisotopic (exact) mass is 153 g/mol. The molecule has 0 bridgehead atoms. The molecule has 0 aliphatic carbocycles. The Labute approximate surface area is 67.6 Å². The lowest BCUT2D eigenvalue weighted by atomic mass is 10.1. The minimum Gasteiger partial charge on any atom is -0.258 e. The Morgan fingerprint density at radius 3 is 2.73 bits per heavy atom. The highest BCUT2D eigenvalue weighted by molar-refractivity contribution is 5.39. The molecule has 0 saturated heterocycles. The highest BCUT2D eigenvalue weighted by Gasteiger charge is 2.08. The molecule has 0 heterocycles. The second-order valence-electron chi connectivity index (χ2n) is 2.02. The highest BCUT2D eigenvalue weighted by Crippen LogP contribution is 2.17. The minimum absolute atomic E-state index is 0.111. The Balaban J connectivity index is 3.28. The molecule has 0 aliphatic rings. The number of hydrogen-bond donors (Lipinski definition) is 0. The molecule has 0 N–H and O–H groups in total. The first kappa shape index (κ1) is 5.29. The molecule has 1 aromatic rings. The lowest BCUT2D eigenvalue weighted by Gasteiger charge is -1.96. The van der Waals surface area contributed by atoms with Crippen LogP contribution in [0.15, 0.2) is 24.3 Å². The van der Waals surface area contributed by atoms with Crippen molar-refractivity contribution in [3.05, 3.63) is 39.9 Å². The second-order valence-corrected chi connectivity index (χ2v) is 2.02. The molecule has 0 atom stereocenters. The molecule has 58 valence electrons. The van der Waals surface area contributed by atoms with Crippen LogP contribution in [0.5, 0.6) is 0 Å². The third-order valence-corrected chi connectivity index (χ3v) is 1.37. The number of rotatable bonds is 2. The lowest BCUT2D eigenvalue weighted by molar-refractivity contribution is -0.385. The van der Waals surface area contributed by atoms with E-state index in [9.17, 15) is 10.1 Å². The SMILES string of the molecule is [2H]C([2H])(C)c1ccccc1[N+](=O)[O-]. The molecule has 0 spiro atoms. The number of nitrogens with zero attached hydrogens (tertiary/aromatic N) is 1. The second kappa shape index (κ2) is 3.14. The van der Waals surface area contributed by atoms with Gasteiger partial charge in [-0.2, -0.15) is 0 Å². The molecule has 0 fully saturated rings. The predicted molar refractivity (Wildman–Crippen MR) is 42.5 cm³/mol. The maximum atomic E-state index is 10.5. The van der Waals surface area contributed by atoms with Crippen LogP contribution >= 0.6 is 0 Å². The summed E-state index contributed by atoms with van der Waals surface area (Å²) in [5.41, 5.74) is -0.0602. The topological polar surface area (TPSA) is 43.1 Å². The quantitative estimate of drug-likeness (QED) is 0.482. The van der Waals surface area contributed by atoms with Gasteiger partial charge < -0.3 is 0 Å². The van der Waals surface area contributed by atoms with Crippen molar-refractivity contribution in [1.82, 2.24) is 0 Å². The van der Waals surface area contributed by atoms with Crippen LogP contribution in [-0.4, -0.2) is 4.92 Å². The smallest absolute Gasteiger partial charge is 0.258 e. The van der Waals surface area contributed by atoms with Crippen LogP contribution in [0, 0.1) is 10.1 Å². The number of para-hydroxylation sites is 1. The van der Waals surface area contributed by atoms with E-state index in [1.54, 1.807) is 6.07 Å². The maximum absolute atomic E-state index is 10.5. The van der Waals surface area contributed by atoms with Crippen molar-refractivity contribution in [2.75, 3.05) is 0 Å². The number of hydrogen-bond acceptors (Lipinski definition) is 2. The molecule has 0 aromatic heterocycles. The van der Waals surface area contributed by atoms with Gasteiger partial charge in [0, 0.05) is 14.4 Å². The van der Waals surface area contributed by atoms with E-state index in [-0.39, 0.29) is 11.3 Å². The summed E-state index contributed by atoms with van der Waals surface area (Å²) in [6.07, 6.45) is -1.68. The van der Waals surface area contributed by atoms with E-state index in [4.69, 9.17) is 2.74 Å². The first-order valence-corrected chi connectivity index (χ1v) is 3.17. The summed E-state index contributed by atoms with van der Waals surface area (Å²) in [5.74, 6) is 0. The van der Waals surface area contributed by atoms with Crippen LogP contribution in [0.25, 0.3) is 0 Å². The first-order valence-electron chi connectivity index (χ1n) is 4.17. The molecule has 1 aromatic carbocycles. The average Bonchev–Trinajstić information content (AvgIpc) is 2.03. The van der Waals surface area contributed by atoms with Gasteiger partial charge in [0.2, 0.25) is 0 Å². The summed E-state index contributed by atoms with van der Waals surface area (Å²) in [5, 5.41) is 10.5. The molecule has 3 heteroatoms. The van der Waals surface area contributed by atoms with E-state index >= 15 is 0 Å². The number of benzene rings is 1. The van der Waals surface area contributed by atoms with Gasteiger partial charge in [-0.05, 0) is 6.37 Å². The van der Waals surface area contributed by atoms with Crippen LogP contribution in [0.1, 0.15) is 15.2 Å². The summed E-state index contributed by atoms with van der Waals surface area (Å²) in [6.45, 7) is 1.30. The molecular formula is C8H9NO2. The van der Waals surface area contributed by atoms with E-state index in [2.05, 4.69) is 0 Å². The molecule has 0 unspecified atom stereocenters. The summed E-state index contributed by atoms with van der Waals surface area (Å²) >= 11 is 0. The van der Waals surface area contributed by atoms with Crippen molar-refractivity contribution >= 4 is 5.69 Å². The van der Waals surface area contributed by atoms with Gasteiger partial charge in [0.05, 0.1) is 4.92 Å². The number of aryl methyl sites for hydroxylation is 1. The molecule has 0 radical (unpaired) electrons. The number of nitro groups is 1. The molecule has 0 aliphatic heterocycles. The van der Waals surface area contributed by atoms with Crippen LogP contribution in [0.4, 0.5) is 5.69 Å². The van der Waals surface area contributed by atoms with Crippen LogP contribution < -0.4 is 0 Å². The largest absolute Gasteiger partial charge is 0.272 e. The molecule has 0 amide bonds. The van der Waals surface area contributed by atoms with E-state index in [1.807, 2.05) is 0 Å². The lowest BCUT2D eigenvalue weighted by Crippen LogP contribution is -1.92. The Morgan fingerprint density at radius 1 is 1.64 bits per heavy atom. The fraction of sp³-hybridized carbons (Fsp3) is 0.250. The van der Waals surface area contributed by atoms with Crippen molar-refractivity contribution in [2.45, 2.75) is 13.3 Å². The van der Waals surface area contributed by atoms with Crippen molar-refractivity contribution in [3.63, 3.8) is 0 Å². The Kier molecular flexibility index (Phi) is 1.51. The van der Waals surface area contributed by atoms with Crippen molar-refractivity contribution < 1.29 is 7.66 Å². The standard InChI is InChI=1S/C8H9NO2/c1-2-7-5-3-4-6-8(7)9(10)11/h3-6H,2H2,1H3/i2D2. The number of nitro benzene ring substituents is 1. The summed E-state index contributed by atoms with van der Waals surface area (Å²) in [6, 6.07) is 5.84. The zero-order valence-electron chi connectivity index (χ0n) is 8.07. The van der Waals surface area contributed by atoms with E-state index in [0.29, 0.717) is 0 Å². The Bertz CT molecular complexity index is 333. The summed E-state index contributed by atoms with van der Waals surface area (Å²) in [4.78, 5) is 9.93. The van der Waals surface area contributed by atoms with Crippen molar-refractivity contribution in [1.29, 1.82) is 0 Å². The fourth-order valence-corrected chi connectivity index (χ4v) is 0.844. The zero-order chi connectivity index (χ0) is 10.1.